The molecule has 0 amide bonds. The molecule has 0 heterocycles. The zero-order valence-electron chi connectivity index (χ0n) is 10.4. The first kappa shape index (κ1) is 10.8. The van der Waals surface area contributed by atoms with E-state index in [2.05, 4.69) is 42.5 Å². The first-order valence-electron chi connectivity index (χ1n) is 6.14. The van der Waals surface area contributed by atoms with E-state index in [1.165, 1.54) is 22.1 Å². The second-order valence-electron chi connectivity index (χ2n) is 4.46. The van der Waals surface area contributed by atoms with Crippen LogP contribution in [0, 0.1) is 0 Å². The minimum atomic E-state index is 0.850. The molecule has 1 aliphatic carbocycles. The van der Waals surface area contributed by atoms with Crippen LogP contribution in [0.15, 0.2) is 54.6 Å². The molecule has 0 aliphatic heterocycles. The molecule has 2 N–H and O–H groups in total. The Bertz CT molecular complexity index is 703. The Hall–Kier alpha value is -2.28. The average Bonchev–Trinajstić information content (AvgIpc) is 2.74. The van der Waals surface area contributed by atoms with Crippen molar-refractivity contribution in [3.63, 3.8) is 0 Å². The van der Waals surface area contributed by atoms with Crippen LogP contribution in [0.4, 0.5) is 5.69 Å². The summed E-state index contributed by atoms with van der Waals surface area (Å²) in [5, 5.41) is 2.42. The number of nitrogen functional groups attached to an aromatic ring is 1. The quantitative estimate of drug-likeness (QED) is 0.603. The molecular formula is C17H15N. The average molecular weight is 233 g/mol. The van der Waals surface area contributed by atoms with E-state index in [-0.39, 0.29) is 0 Å². The molecule has 0 atom stereocenters. The van der Waals surface area contributed by atoms with Crippen LogP contribution < -0.4 is 5.73 Å². The van der Waals surface area contributed by atoms with Gasteiger partial charge in [-0.15, -0.1) is 0 Å². The Morgan fingerprint density at radius 2 is 1.94 bits per heavy atom. The molecule has 1 heteroatoms. The predicted octanol–water partition coefficient (Wildman–Crippen LogP) is 4.41. The van der Waals surface area contributed by atoms with Gasteiger partial charge in [0.15, 0.2) is 0 Å². The summed E-state index contributed by atoms with van der Waals surface area (Å²) in [6.45, 7) is 2.02. The van der Waals surface area contributed by atoms with E-state index in [0.29, 0.717) is 0 Å². The molecule has 0 bridgehead atoms. The maximum Gasteiger partial charge on any atom is 0.0394 e. The summed E-state index contributed by atoms with van der Waals surface area (Å²) in [5.74, 6) is 0. The number of anilines is 1. The molecule has 88 valence electrons. The third-order valence-electron chi connectivity index (χ3n) is 3.31. The predicted molar refractivity (Wildman–Crippen MR) is 80.2 cm³/mol. The third-order valence-corrected chi connectivity index (χ3v) is 3.31. The number of nitrogens with two attached hydrogens (primary N) is 1. The molecule has 0 saturated heterocycles. The van der Waals surface area contributed by atoms with Gasteiger partial charge in [0.25, 0.3) is 0 Å². The zero-order valence-corrected chi connectivity index (χ0v) is 10.4. The topological polar surface area (TPSA) is 26.0 Å². The van der Waals surface area contributed by atoms with Gasteiger partial charge in [-0.05, 0) is 41.2 Å². The molecule has 0 spiro atoms. The fourth-order valence-electron chi connectivity index (χ4n) is 2.47. The minimum absolute atomic E-state index is 0.850. The Morgan fingerprint density at radius 1 is 1.06 bits per heavy atom. The minimum Gasteiger partial charge on any atom is -0.398 e. The lowest BCUT2D eigenvalue weighted by Crippen LogP contribution is -1.89. The SMILES string of the molecule is C/C=C\C=C/C1=Cc2cccc3c(N)ccc1c23. The van der Waals surface area contributed by atoms with E-state index in [0.717, 1.165) is 11.1 Å². The van der Waals surface area contributed by atoms with Crippen LogP contribution in [0.25, 0.3) is 22.4 Å². The van der Waals surface area contributed by atoms with Crippen LogP contribution in [0.5, 0.6) is 0 Å². The number of allylic oxidation sites excluding steroid dienone is 5. The molecule has 0 unspecified atom stereocenters. The monoisotopic (exact) mass is 233 g/mol. The van der Waals surface area contributed by atoms with Gasteiger partial charge in [-0.2, -0.15) is 0 Å². The van der Waals surface area contributed by atoms with E-state index in [9.17, 15) is 0 Å². The van der Waals surface area contributed by atoms with E-state index in [1.807, 2.05) is 25.1 Å². The van der Waals surface area contributed by atoms with Crippen LogP contribution in [0.1, 0.15) is 18.1 Å². The Labute approximate surface area is 107 Å². The molecule has 2 aromatic carbocycles. The lowest BCUT2D eigenvalue weighted by Gasteiger charge is -2.05. The molecule has 0 saturated carbocycles. The van der Waals surface area contributed by atoms with Crippen LogP contribution in [-0.4, -0.2) is 0 Å². The van der Waals surface area contributed by atoms with E-state index >= 15 is 0 Å². The van der Waals surface area contributed by atoms with Crippen molar-refractivity contribution < 1.29 is 0 Å². The van der Waals surface area contributed by atoms with E-state index in [4.69, 9.17) is 5.73 Å². The summed E-state index contributed by atoms with van der Waals surface area (Å²) in [4.78, 5) is 0. The van der Waals surface area contributed by atoms with Crippen LogP contribution in [0.3, 0.4) is 0 Å². The van der Waals surface area contributed by atoms with Gasteiger partial charge in [-0.1, -0.05) is 48.6 Å². The largest absolute Gasteiger partial charge is 0.398 e. The van der Waals surface area contributed by atoms with Gasteiger partial charge in [0.2, 0.25) is 0 Å². The Balaban J connectivity index is 2.21. The van der Waals surface area contributed by atoms with Crippen molar-refractivity contribution in [2.45, 2.75) is 6.92 Å². The van der Waals surface area contributed by atoms with E-state index < -0.39 is 0 Å². The second kappa shape index (κ2) is 4.19. The lowest BCUT2D eigenvalue weighted by molar-refractivity contribution is 1.69. The number of rotatable bonds is 2. The maximum absolute atomic E-state index is 6.04. The molecule has 2 aromatic rings. The number of hydrogen-bond donors (Lipinski definition) is 1. The van der Waals surface area contributed by atoms with Crippen molar-refractivity contribution in [1.29, 1.82) is 0 Å². The molecule has 0 aromatic heterocycles. The summed E-state index contributed by atoms with van der Waals surface area (Å²) >= 11 is 0. The maximum atomic E-state index is 6.04. The summed E-state index contributed by atoms with van der Waals surface area (Å²) in [5.41, 5.74) is 10.7. The molecule has 3 rings (SSSR count). The van der Waals surface area contributed by atoms with Crippen molar-refractivity contribution in [3.8, 4) is 0 Å². The highest BCUT2D eigenvalue weighted by atomic mass is 14.6. The first-order chi connectivity index (χ1) is 8.81. The molecule has 0 radical (unpaired) electrons. The Morgan fingerprint density at radius 3 is 2.78 bits per heavy atom. The molecule has 1 nitrogen and oxygen atoms in total. The van der Waals surface area contributed by atoms with Crippen molar-refractivity contribution >= 4 is 28.1 Å². The molecule has 0 fully saturated rings. The highest BCUT2D eigenvalue weighted by Gasteiger charge is 2.15. The van der Waals surface area contributed by atoms with Gasteiger partial charge in [0.05, 0.1) is 0 Å². The zero-order chi connectivity index (χ0) is 12.5. The highest BCUT2D eigenvalue weighted by Crippen LogP contribution is 2.39. The Kier molecular flexibility index (Phi) is 2.52. The summed E-state index contributed by atoms with van der Waals surface area (Å²) in [7, 11) is 0. The van der Waals surface area contributed by atoms with Crippen molar-refractivity contribution in [1.82, 2.24) is 0 Å². The highest BCUT2D eigenvalue weighted by molar-refractivity contribution is 6.14. The van der Waals surface area contributed by atoms with Gasteiger partial charge in [0, 0.05) is 11.1 Å². The fraction of sp³-hybridized carbons (Fsp3) is 0.0588. The third kappa shape index (κ3) is 1.56. The van der Waals surface area contributed by atoms with Gasteiger partial charge < -0.3 is 5.73 Å². The van der Waals surface area contributed by atoms with Crippen LogP contribution >= 0.6 is 0 Å². The molecule has 18 heavy (non-hydrogen) atoms. The fourth-order valence-corrected chi connectivity index (χ4v) is 2.47. The van der Waals surface area contributed by atoms with Crippen molar-refractivity contribution in [2.24, 2.45) is 0 Å². The summed E-state index contributed by atoms with van der Waals surface area (Å²) in [6, 6.07) is 10.4. The normalized spacial score (nSPS) is 13.9. The van der Waals surface area contributed by atoms with Crippen molar-refractivity contribution in [2.75, 3.05) is 5.73 Å². The van der Waals surface area contributed by atoms with Gasteiger partial charge in [-0.25, -0.2) is 0 Å². The molecule has 1 aliphatic rings. The van der Waals surface area contributed by atoms with Crippen LogP contribution in [-0.2, 0) is 0 Å². The standard InChI is InChI=1S/C17H15N/c1-2-3-4-6-12-11-13-7-5-8-15-16(18)10-9-14(12)17(13)15/h2-11H,18H2,1H3/b3-2-,6-4-. The number of benzene rings is 2. The first-order valence-corrected chi connectivity index (χ1v) is 6.14. The van der Waals surface area contributed by atoms with E-state index in [1.54, 1.807) is 0 Å². The summed E-state index contributed by atoms with van der Waals surface area (Å²) < 4.78 is 0. The molecular weight excluding hydrogens is 218 g/mol. The van der Waals surface area contributed by atoms with Crippen LogP contribution in [0.2, 0.25) is 0 Å². The van der Waals surface area contributed by atoms with Gasteiger partial charge >= 0.3 is 0 Å². The smallest absolute Gasteiger partial charge is 0.0394 e. The lowest BCUT2D eigenvalue weighted by atomic mass is 10.0. The van der Waals surface area contributed by atoms with Crippen molar-refractivity contribution in [3.05, 3.63) is 65.8 Å². The second-order valence-corrected chi connectivity index (χ2v) is 4.46. The van der Waals surface area contributed by atoms with Gasteiger partial charge in [-0.3, -0.25) is 0 Å². The number of hydrogen-bond acceptors (Lipinski definition) is 1. The summed E-state index contributed by atoms with van der Waals surface area (Å²) in [6.07, 6.45) is 10.5. The van der Waals surface area contributed by atoms with Gasteiger partial charge in [0.1, 0.15) is 0 Å².